The molecular weight excluding hydrogens is 433 g/mol. The molecule has 1 aliphatic carbocycles. The summed E-state index contributed by atoms with van der Waals surface area (Å²) in [6.07, 6.45) is 5.30. The monoisotopic (exact) mass is 453 g/mol. The molecule has 2 aromatic heterocycles. The normalized spacial score (nSPS) is 16.1. The van der Waals surface area contributed by atoms with E-state index in [2.05, 4.69) is 26.7 Å². The molecule has 1 unspecified atom stereocenters. The summed E-state index contributed by atoms with van der Waals surface area (Å²) >= 11 is 5.99. The van der Waals surface area contributed by atoms with E-state index in [-0.39, 0.29) is 11.2 Å². The molecule has 0 spiro atoms. The summed E-state index contributed by atoms with van der Waals surface area (Å²) in [5.41, 5.74) is -0.568. The number of hydrogen-bond acceptors (Lipinski definition) is 4. The number of aromatic nitrogens is 2. The summed E-state index contributed by atoms with van der Waals surface area (Å²) in [6.45, 7) is 1.55. The zero-order valence-electron chi connectivity index (χ0n) is 17.3. The molecule has 7 nitrogen and oxygen atoms in total. The first-order chi connectivity index (χ1) is 15.3. The van der Waals surface area contributed by atoms with Crippen molar-refractivity contribution in [2.45, 2.75) is 37.8 Å². The van der Waals surface area contributed by atoms with Crippen molar-refractivity contribution in [1.29, 1.82) is 5.26 Å². The second-order valence-electron chi connectivity index (χ2n) is 8.21. The van der Waals surface area contributed by atoms with Gasteiger partial charge in [0, 0.05) is 23.3 Å². The Balaban J connectivity index is 1.54. The minimum Gasteiger partial charge on any atom is -0.348 e. The average Bonchev–Trinajstić information content (AvgIpc) is 3.47. The van der Waals surface area contributed by atoms with Crippen LogP contribution in [-0.4, -0.2) is 27.8 Å². The molecular formula is C23H21ClFN5O2. The minimum absolute atomic E-state index is 0.154. The van der Waals surface area contributed by atoms with Crippen molar-refractivity contribution >= 4 is 34.3 Å². The number of pyridine rings is 1. The van der Waals surface area contributed by atoms with Gasteiger partial charge in [0.15, 0.2) is 5.54 Å². The lowest BCUT2D eigenvalue weighted by atomic mass is 9.94. The van der Waals surface area contributed by atoms with Crippen molar-refractivity contribution in [2.24, 2.45) is 5.92 Å². The van der Waals surface area contributed by atoms with E-state index in [4.69, 9.17) is 11.6 Å². The lowest BCUT2D eigenvalue weighted by Gasteiger charge is -2.27. The van der Waals surface area contributed by atoms with Gasteiger partial charge in [-0.05, 0) is 37.5 Å². The first-order valence-electron chi connectivity index (χ1n) is 10.2. The number of nitrogens with zero attached hydrogens (tertiary/aromatic N) is 2. The molecule has 164 valence electrons. The lowest BCUT2D eigenvalue weighted by Crippen LogP contribution is -2.52. The van der Waals surface area contributed by atoms with Crippen molar-refractivity contribution in [2.75, 3.05) is 0 Å². The topological polar surface area (TPSA) is 111 Å². The van der Waals surface area contributed by atoms with Crippen LogP contribution in [0.3, 0.4) is 0 Å². The highest BCUT2D eigenvalue weighted by Crippen LogP contribution is 2.34. The fourth-order valence-corrected chi connectivity index (χ4v) is 3.75. The number of carbonyl (C=O) groups excluding carboxylic acids is 2. The lowest BCUT2D eigenvalue weighted by molar-refractivity contribution is -0.124. The molecule has 0 bridgehead atoms. The van der Waals surface area contributed by atoms with E-state index in [1.165, 1.54) is 24.5 Å². The van der Waals surface area contributed by atoms with Gasteiger partial charge in [-0.1, -0.05) is 36.6 Å². The molecule has 0 aliphatic heterocycles. The standard InChI is InChI=1S/C23H21ClFN5O2/c1-23(12-26,15-9-16(24)11-27-10-15)30-22(32)18(7-13-5-6-13)29-21(31)19-8-14-3-2-4-17(25)20(14)28-19/h2-4,8-11,13,18,28H,5-7H2,1H3,(H,29,31)(H,30,32)/t18-,23?/m0/s1. The largest absolute Gasteiger partial charge is 0.348 e. The molecule has 2 heterocycles. The van der Waals surface area contributed by atoms with Crippen LogP contribution in [0.5, 0.6) is 0 Å². The van der Waals surface area contributed by atoms with Crippen molar-refractivity contribution in [3.05, 3.63) is 64.8 Å². The number of fused-ring (bicyclic) bond motifs is 1. The SMILES string of the molecule is CC(C#N)(NC(=O)[C@H](CC1CC1)NC(=O)c1cc2cccc(F)c2[nH]1)c1cncc(Cl)c1. The number of aromatic amines is 1. The van der Waals surface area contributed by atoms with Gasteiger partial charge in [0.1, 0.15) is 17.6 Å². The zero-order valence-corrected chi connectivity index (χ0v) is 18.0. The Labute approximate surface area is 189 Å². The first-order valence-corrected chi connectivity index (χ1v) is 10.6. The molecule has 1 fully saturated rings. The number of hydrogen-bond donors (Lipinski definition) is 3. The number of carbonyl (C=O) groups is 2. The Hall–Kier alpha value is -3.44. The number of H-pyrrole nitrogens is 1. The highest BCUT2D eigenvalue weighted by molar-refractivity contribution is 6.30. The smallest absolute Gasteiger partial charge is 0.268 e. The highest BCUT2D eigenvalue weighted by atomic mass is 35.5. The second-order valence-corrected chi connectivity index (χ2v) is 8.65. The van der Waals surface area contributed by atoms with E-state index in [0.29, 0.717) is 28.3 Å². The maximum atomic E-state index is 14.0. The van der Waals surface area contributed by atoms with Crippen LogP contribution in [0.2, 0.25) is 5.02 Å². The average molecular weight is 454 g/mol. The van der Waals surface area contributed by atoms with Gasteiger partial charge in [-0.15, -0.1) is 0 Å². The van der Waals surface area contributed by atoms with E-state index in [9.17, 15) is 19.2 Å². The van der Waals surface area contributed by atoms with E-state index in [1.807, 2.05) is 0 Å². The second kappa shape index (κ2) is 8.60. The Morgan fingerprint density at radius 2 is 2.16 bits per heavy atom. The maximum absolute atomic E-state index is 14.0. The number of nitrogens with one attached hydrogen (secondary N) is 3. The third-order valence-electron chi connectivity index (χ3n) is 5.62. The zero-order chi connectivity index (χ0) is 22.9. The number of halogens is 2. The van der Waals surface area contributed by atoms with Gasteiger partial charge < -0.3 is 15.6 Å². The Morgan fingerprint density at radius 3 is 2.81 bits per heavy atom. The van der Waals surface area contributed by atoms with Crippen molar-refractivity contribution in [3.63, 3.8) is 0 Å². The molecule has 2 amide bonds. The quantitative estimate of drug-likeness (QED) is 0.505. The van der Waals surface area contributed by atoms with Gasteiger partial charge in [0.05, 0.1) is 16.6 Å². The summed E-state index contributed by atoms with van der Waals surface area (Å²) in [7, 11) is 0. The van der Waals surface area contributed by atoms with Gasteiger partial charge in [0.2, 0.25) is 5.91 Å². The predicted molar refractivity (Wildman–Crippen MR) is 117 cm³/mol. The van der Waals surface area contributed by atoms with Gasteiger partial charge in [-0.3, -0.25) is 14.6 Å². The number of rotatable bonds is 7. The number of para-hydroxylation sites is 1. The molecule has 0 saturated heterocycles. The third-order valence-corrected chi connectivity index (χ3v) is 5.82. The van der Waals surface area contributed by atoms with E-state index in [0.717, 1.165) is 12.8 Å². The van der Waals surface area contributed by atoms with Crippen LogP contribution in [0.1, 0.15) is 42.2 Å². The predicted octanol–water partition coefficient (Wildman–Crippen LogP) is 3.81. The van der Waals surface area contributed by atoms with Gasteiger partial charge in [0.25, 0.3) is 5.91 Å². The minimum atomic E-state index is -1.38. The summed E-state index contributed by atoms with van der Waals surface area (Å²) < 4.78 is 14.0. The van der Waals surface area contributed by atoms with Crippen molar-refractivity contribution < 1.29 is 14.0 Å². The molecule has 4 rings (SSSR count). The van der Waals surface area contributed by atoms with Crippen LogP contribution in [0.25, 0.3) is 10.9 Å². The molecule has 1 aromatic carbocycles. The Morgan fingerprint density at radius 1 is 1.38 bits per heavy atom. The fraction of sp³-hybridized carbons (Fsp3) is 0.304. The van der Waals surface area contributed by atoms with Crippen LogP contribution < -0.4 is 10.6 Å². The van der Waals surface area contributed by atoms with Crippen molar-refractivity contribution in [3.8, 4) is 6.07 Å². The van der Waals surface area contributed by atoms with Crippen molar-refractivity contribution in [1.82, 2.24) is 20.6 Å². The van der Waals surface area contributed by atoms with Crippen LogP contribution in [0.15, 0.2) is 42.7 Å². The molecule has 1 saturated carbocycles. The van der Waals surface area contributed by atoms with Crippen LogP contribution in [-0.2, 0) is 10.3 Å². The van der Waals surface area contributed by atoms with Crippen LogP contribution in [0.4, 0.5) is 4.39 Å². The Kier molecular flexibility index (Phi) is 5.85. The molecule has 1 aliphatic rings. The summed E-state index contributed by atoms with van der Waals surface area (Å²) in [6, 6.07) is 8.89. The number of nitriles is 1. The van der Waals surface area contributed by atoms with E-state index < -0.39 is 29.2 Å². The maximum Gasteiger partial charge on any atom is 0.268 e. The fourth-order valence-electron chi connectivity index (χ4n) is 3.58. The number of benzene rings is 1. The Bertz CT molecular complexity index is 1230. The molecule has 9 heteroatoms. The highest BCUT2D eigenvalue weighted by Gasteiger charge is 2.36. The van der Waals surface area contributed by atoms with Gasteiger partial charge >= 0.3 is 0 Å². The van der Waals surface area contributed by atoms with Gasteiger partial charge in [-0.25, -0.2) is 4.39 Å². The molecule has 3 aromatic rings. The molecule has 3 N–H and O–H groups in total. The molecule has 0 radical (unpaired) electrons. The van der Waals surface area contributed by atoms with E-state index >= 15 is 0 Å². The summed E-state index contributed by atoms with van der Waals surface area (Å²) in [5.74, 6) is -1.15. The molecule has 2 atom stereocenters. The first kappa shape index (κ1) is 21.8. The molecule has 32 heavy (non-hydrogen) atoms. The van der Waals surface area contributed by atoms with Crippen LogP contribution >= 0.6 is 11.6 Å². The number of amides is 2. The van der Waals surface area contributed by atoms with Crippen LogP contribution in [0, 0.1) is 23.1 Å². The third kappa shape index (κ3) is 4.58. The summed E-state index contributed by atoms with van der Waals surface area (Å²) in [4.78, 5) is 32.7. The van der Waals surface area contributed by atoms with Gasteiger partial charge in [-0.2, -0.15) is 5.26 Å². The summed E-state index contributed by atoms with van der Waals surface area (Å²) in [5, 5.41) is 16.1. The van der Waals surface area contributed by atoms with E-state index in [1.54, 1.807) is 25.1 Å².